The Morgan fingerprint density at radius 1 is 1.40 bits per heavy atom. The molecule has 0 heterocycles. The van der Waals surface area contributed by atoms with Gasteiger partial charge in [0.2, 0.25) is 5.91 Å². The van der Waals surface area contributed by atoms with E-state index in [4.69, 9.17) is 22.1 Å². The molecule has 0 saturated heterocycles. The summed E-state index contributed by atoms with van der Waals surface area (Å²) >= 11 is 5.80. The predicted molar refractivity (Wildman–Crippen MR) is 81.9 cm³/mol. The van der Waals surface area contributed by atoms with Crippen LogP contribution >= 0.6 is 11.6 Å². The zero-order valence-electron chi connectivity index (χ0n) is 11.5. The summed E-state index contributed by atoms with van der Waals surface area (Å²) < 4.78 is 5.48. The van der Waals surface area contributed by atoms with Crippen molar-refractivity contribution in [2.24, 2.45) is 5.92 Å². The third kappa shape index (κ3) is 4.69. The van der Waals surface area contributed by atoms with Gasteiger partial charge in [-0.15, -0.1) is 0 Å². The number of nitrogens with one attached hydrogen (secondary N) is 1. The summed E-state index contributed by atoms with van der Waals surface area (Å²) in [4.78, 5) is 11.7. The second-order valence-corrected chi connectivity index (χ2v) is 5.66. The molecule has 0 atom stereocenters. The molecule has 1 saturated carbocycles. The standard InChI is InChI=1S/C15H21ClN2O2/c16-12-4-5-14(13(17)10-12)18-15(19)7-9-20-8-6-11-2-1-3-11/h4-5,10-11H,1-3,6-9,17H2,(H,18,19). The average molecular weight is 297 g/mol. The molecule has 4 nitrogen and oxygen atoms in total. The number of benzene rings is 1. The van der Waals surface area contributed by atoms with Crippen LogP contribution in [0.4, 0.5) is 11.4 Å². The summed E-state index contributed by atoms with van der Waals surface area (Å²) in [6, 6.07) is 5.02. The fraction of sp³-hybridized carbons (Fsp3) is 0.533. The number of hydrogen-bond acceptors (Lipinski definition) is 3. The smallest absolute Gasteiger partial charge is 0.226 e. The molecule has 20 heavy (non-hydrogen) atoms. The molecule has 0 radical (unpaired) electrons. The van der Waals surface area contributed by atoms with Crippen LogP contribution in [0.25, 0.3) is 0 Å². The first-order valence-corrected chi connectivity index (χ1v) is 7.45. The molecule has 0 unspecified atom stereocenters. The van der Waals surface area contributed by atoms with Crippen LogP contribution in [-0.2, 0) is 9.53 Å². The summed E-state index contributed by atoms with van der Waals surface area (Å²) in [5.74, 6) is 0.750. The van der Waals surface area contributed by atoms with E-state index in [1.165, 1.54) is 19.3 Å². The van der Waals surface area contributed by atoms with E-state index < -0.39 is 0 Å². The topological polar surface area (TPSA) is 64.3 Å². The number of hydrogen-bond donors (Lipinski definition) is 2. The number of nitrogens with two attached hydrogens (primary N) is 1. The van der Waals surface area contributed by atoms with Gasteiger partial charge in [0.05, 0.1) is 24.4 Å². The van der Waals surface area contributed by atoms with Crippen LogP contribution in [0.1, 0.15) is 32.1 Å². The van der Waals surface area contributed by atoms with Gasteiger partial charge in [0.25, 0.3) is 0 Å². The van der Waals surface area contributed by atoms with E-state index in [1.807, 2.05) is 0 Å². The van der Waals surface area contributed by atoms with E-state index in [1.54, 1.807) is 18.2 Å². The molecule has 0 spiro atoms. The molecular weight excluding hydrogens is 276 g/mol. The maximum Gasteiger partial charge on any atom is 0.226 e. The molecule has 2 rings (SSSR count). The largest absolute Gasteiger partial charge is 0.397 e. The Bertz CT molecular complexity index is 461. The van der Waals surface area contributed by atoms with Crippen molar-refractivity contribution in [2.75, 3.05) is 24.3 Å². The monoisotopic (exact) mass is 296 g/mol. The summed E-state index contributed by atoms with van der Waals surface area (Å²) in [6.07, 6.45) is 5.48. The number of ether oxygens (including phenoxy) is 1. The number of rotatable bonds is 7. The van der Waals surface area contributed by atoms with Gasteiger partial charge in [-0.3, -0.25) is 4.79 Å². The molecule has 0 aliphatic heterocycles. The minimum Gasteiger partial charge on any atom is -0.397 e. The minimum absolute atomic E-state index is 0.0948. The number of carbonyl (C=O) groups is 1. The van der Waals surface area contributed by atoms with Crippen LogP contribution < -0.4 is 11.1 Å². The van der Waals surface area contributed by atoms with Crippen molar-refractivity contribution in [2.45, 2.75) is 32.1 Å². The molecule has 1 aliphatic carbocycles. The van der Waals surface area contributed by atoms with Gasteiger partial charge in [-0.05, 0) is 30.5 Å². The zero-order chi connectivity index (χ0) is 14.4. The number of amides is 1. The van der Waals surface area contributed by atoms with Crippen LogP contribution in [-0.4, -0.2) is 19.1 Å². The van der Waals surface area contributed by atoms with Crippen LogP contribution in [0.2, 0.25) is 5.02 Å². The Morgan fingerprint density at radius 3 is 2.85 bits per heavy atom. The van der Waals surface area contributed by atoms with Gasteiger partial charge in [-0.1, -0.05) is 30.9 Å². The first-order valence-electron chi connectivity index (χ1n) is 7.08. The lowest BCUT2D eigenvalue weighted by Crippen LogP contribution is -2.17. The van der Waals surface area contributed by atoms with E-state index in [-0.39, 0.29) is 5.91 Å². The van der Waals surface area contributed by atoms with Gasteiger partial charge in [0, 0.05) is 11.6 Å². The molecule has 1 aromatic rings. The number of carbonyl (C=O) groups excluding carboxylic acids is 1. The van der Waals surface area contributed by atoms with Gasteiger partial charge >= 0.3 is 0 Å². The maximum absolute atomic E-state index is 11.7. The number of nitrogen functional groups attached to an aromatic ring is 1. The molecular formula is C15H21ClN2O2. The highest BCUT2D eigenvalue weighted by atomic mass is 35.5. The first-order chi connectivity index (χ1) is 9.65. The normalized spacial score (nSPS) is 14.8. The Kier molecular flexibility index (Phi) is 5.68. The number of halogens is 1. The lowest BCUT2D eigenvalue weighted by atomic mass is 9.83. The quantitative estimate of drug-likeness (QED) is 0.598. The highest BCUT2D eigenvalue weighted by Crippen LogP contribution is 2.29. The lowest BCUT2D eigenvalue weighted by Gasteiger charge is -2.24. The molecule has 1 aliphatic rings. The molecule has 1 aromatic carbocycles. The van der Waals surface area contributed by atoms with Crippen molar-refractivity contribution in [3.8, 4) is 0 Å². The third-order valence-corrected chi connectivity index (χ3v) is 3.89. The van der Waals surface area contributed by atoms with E-state index in [2.05, 4.69) is 5.32 Å². The van der Waals surface area contributed by atoms with Crippen molar-refractivity contribution in [3.63, 3.8) is 0 Å². The summed E-state index contributed by atoms with van der Waals surface area (Å²) in [5.41, 5.74) is 6.83. The van der Waals surface area contributed by atoms with Crippen molar-refractivity contribution in [3.05, 3.63) is 23.2 Å². The Hall–Kier alpha value is -1.26. The van der Waals surface area contributed by atoms with Crippen molar-refractivity contribution >= 4 is 28.9 Å². The molecule has 110 valence electrons. The fourth-order valence-electron chi connectivity index (χ4n) is 2.16. The molecule has 3 N–H and O–H groups in total. The second-order valence-electron chi connectivity index (χ2n) is 5.23. The molecule has 1 amide bonds. The predicted octanol–water partition coefficient (Wildman–Crippen LogP) is 3.46. The SMILES string of the molecule is Nc1cc(Cl)ccc1NC(=O)CCOCCC1CCC1. The van der Waals surface area contributed by atoms with Gasteiger partial charge in [-0.2, -0.15) is 0 Å². The van der Waals surface area contributed by atoms with Crippen LogP contribution in [0, 0.1) is 5.92 Å². The van der Waals surface area contributed by atoms with Gasteiger partial charge < -0.3 is 15.8 Å². The molecule has 1 fully saturated rings. The molecule has 0 aromatic heterocycles. The average Bonchev–Trinajstić information content (AvgIpc) is 2.35. The Morgan fingerprint density at radius 2 is 2.20 bits per heavy atom. The lowest BCUT2D eigenvalue weighted by molar-refractivity contribution is -0.117. The maximum atomic E-state index is 11.7. The van der Waals surface area contributed by atoms with Crippen LogP contribution in [0.5, 0.6) is 0 Å². The summed E-state index contributed by atoms with van der Waals surface area (Å²) in [5, 5.41) is 3.31. The van der Waals surface area contributed by atoms with Crippen LogP contribution in [0.3, 0.4) is 0 Å². The Labute approximate surface area is 124 Å². The van der Waals surface area contributed by atoms with Crippen molar-refractivity contribution in [1.82, 2.24) is 0 Å². The van der Waals surface area contributed by atoms with Crippen molar-refractivity contribution < 1.29 is 9.53 Å². The summed E-state index contributed by atoms with van der Waals surface area (Å²) in [7, 11) is 0. The van der Waals surface area contributed by atoms with E-state index >= 15 is 0 Å². The minimum atomic E-state index is -0.0948. The molecule has 5 heteroatoms. The second kappa shape index (κ2) is 7.50. The van der Waals surface area contributed by atoms with Crippen LogP contribution in [0.15, 0.2) is 18.2 Å². The van der Waals surface area contributed by atoms with E-state index in [9.17, 15) is 4.79 Å². The molecule has 0 bridgehead atoms. The highest BCUT2D eigenvalue weighted by Gasteiger charge is 2.16. The number of anilines is 2. The van der Waals surface area contributed by atoms with E-state index in [0.29, 0.717) is 29.4 Å². The highest BCUT2D eigenvalue weighted by molar-refractivity contribution is 6.31. The third-order valence-electron chi connectivity index (χ3n) is 3.66. The zero-order valence-corrected chi connectivity index (χ0v) is 12.3. The van der Waals surface area contributed by atoms with Gasteiger partial charge in [0.1, 0.15) is 0 Å². The van der Waals surface area contributed by atoms with Gasteiger partial charge in [0.15, 0.2) is 0 Å². The first kappa shape index (κ1) is 15.1. The summed E-state index contributed by atoms with van der Waals surface area (Å²) in [6.45, 7) is 1.20. The van der Waals surface area contributed by atoms with Gasteiger partial charge in [-0.25, -0.2) is 0 Å². The fourth-order valence-corrected chi connectivity index (χ4v) is 2.34. The Balaban J connectivity index is 1.61. The van der Waals surface area contributed by atoms with Crippen molar-refractivity contribution in [1.29, 1.82) is 0 Å². The van der Waals surface area contributed by atoms with E-state index in [0.717, 1.165) is 18.9 Å².